The van der Waals surface area contributed by atoms with Gasteiger partial charge in [-0.3, -0.25) is 0 Å². The molecule has 2 atom stereocenters. The maximum absolute atomic E-state index is 9.18. The lowest BCUT2D eigenvalue weighted by atomic mass is 9.92. The molecule has 1 fully saturated rings. The van der Waals surface area contributed by atoms with Gasteiger partial charge in [0.1, 0.15) is 0 Å². The normalized spacial score (nSPS) is 26.7. The van der Waals surface area contributed by atoms with E-state index in [9.17, 15) is 5.11 Å². The number of aliphatic hydroxyl groups is 1. The molecule has 2 nitrogen and oxygen atoms in total. The first-order valence-corrected chi connectivity index (χ1v) is 5.70. The van der Waals surface area contributed by atoms with Crippen molar-refractivity contribution in [1.82, 2.24) is 5.32 Å². The zero-order chi connectivity index (χ0) is 9.97. The molecule has 76 valence electrons. The molecule has 1 aliphatic heterocycles. The van der Waals surface area contributed by atoms with Crippen molar-refractivity contribution >= 4 is 15.9 Å². The third kappa shape index (κ3) is 2.00. The Morgan fingerprint density at radius 3 is 2.71 bits per heavy atom. The Morgan fingerprint density at radius 1 is 1.36 bits per heavy atom. The highest BCUT2D eigenvalue weighted by Crippen LogP contribution is 2.28. The van der Waals surface area contributed by atoms with Crippen LogP contribution in [-0.4, -0.2) is 24.3 Å². The molecule has 0 aromatic heterocycles. The molecule has 2 N–H and O–H groups in total. The van der Waals surface area contributed by atoms with Crippen molar-refractivity contribution in [2.45, 2.75) is 18.4 Å². The highest BCUT2D eigenvalue weighted by atomic mass is 79.9. The van der Waals surface area contributed by atoms with Crippen LogP contribution in [0.4, 0.5) is 0 Å². The van der Waals surface area contributed by atoms with Crippen LogP contribution in [0.1, 0.15) is 17.9 Å². The van der Waals surface area contributed by atoms with Crippen LogP contribution < -0.4 is 5.32 Å². The lowest BCUT2D eigenvalue weighted by molar-refractivity contribution is 0.245. The second kappa shape index (κ2) is 4.43. The first-order chi connectivity index (χ1) is 6.81. The average Bonchev–Trinajstić information content (AvgIpc) is 2.67. The van der Waals surface area contributed by atoms with E-state index >= 15 is 0 Å². The van der Waals surface area contributed by atoms with E-state index in [1.807, 2.05) is 0 Å². The molecule has 1 aromatic carbocycles. The zero-order valence-corrected chi connectivity index (χ0v) is 9.50. The first-order valence-electron chi connectivity index (χ1n) is 4.91. The second-order valence-electron chi connectivity index (χ2n) is 3.69. The summed E-state index contributed by atoms with van der Waals surface area (Å²) in [6.07, 6.45) is 1.12. The predicted molar refractivity (Wildman–Crippen MR) is 60.4 cm³/mol. The maximum atomic E-state index is 9.18. The lowest BCUT2D eigenvalue weighted by Crippen LogP contribution is -2.29. The van der Waals surface area contributed by atoms with E-state index in [2.05, 4.69) is 45.5 Å². The number of nitrogens with one attached hydrogen (secondary N) is 1. The van der Waals surface area contributed by atoms with Crippen molar-refractivity contribution in [3.05, 3.63) is 34.3 Å². The fourth-order valence-corrected chi connectivity index (χ4v) is 2.33. The van der Waals surface area contributed by atoms with Crippen LogP contribution in [0, 0.1) is 0 Å². The molecule has 0 bridgehead atoms. The van der Waals surface area contributed by atoms with Crippen LogP contribution in [0.5, 0.6) is 0 Å². The minimum Gasteiger partial charge on any atom is -0.395 e. The van der Waals surface area contributed by atoms with Gasteiger partial charge in [0, 0.05) is 16.4 Å². The topological polar surface area (TPSA) is 32.3 Å². The SMILES string of the molecule is OCC1NCCC1c1ccc(Br)cc1. The molecule has 1 aromatic rings. The molecule has 3 heteroatoms. The van der Waals surface area contributed by atoms with Crippen molar-refractivity contribution < 1.29 is 5.11 Å². The summed E-state index contributed by atoms with van der Waals surface area (Å²) in [6, 6.07) is 8.61. The van der Waals surface area contributed by atoms with Gasteiger partial charge in [-0.2, -0.15) is 0 Å². The Hall–Kier alpha value is -0.380. The Balaban J connectivity index is 2.17. The van der Waals surface area contributed by atoms with Crippen molar-refractivity contribution in [3.63, 3.8) is 0 Å². The summed E-state index contributed by atoms with van der Waals surface area (Å²) in [4.78, 5) is 0. The van der Waals surface area contributed by atoms with Crippen LogP contribution >= 0.6 is 15.9 Å². The van der Waals surface area contributed by atoms with E-state index in [-0.39, 0.29) is 12.6 Å². The number of halogens is 1. The maximum Gasteiger partial charge on any atom is 0.0590 e. The van der Waals surface area contributed by atoms with Crippen LogP contribution in [0.25, 0.3) is 0 Å². The van der Waals surface area contributed by atoms with E-state index in [4.69, 9.17) is 0 Å². The summed E-state index contributed by atoms with van der Waals surface area (Å²) in [5.74, 6) is 0.466. The first kappa shape index (κ1) is 10.1. The molecular formula is C11H14BrNO. The van der Waals surface area contributed by atoms with E-state index in [1.54, 1.807) is 0 Å². The Labute approximate surface area is 92.5 Å². The average molecular weight is 256 g/mol. The molecule has 0 spiro atoms. The number of hydrogen-bond acceptors (Lipinski definition) is 2. The number of hydrogen-bond donors (Lipinski definition) is 2. The summed E-state index contributed by atoms with van der Waals surface area (Å²) in [7, 11) is 0. The fourth-order valence-electron chi connectivity index (χ4n) is 2.07. The molecule has 14 heavy (non-hydrogen) atoms. The van der Waals surface area contributed by atoms with Crippen LogP contribution in [0.3, 0.4) is 0 Å². The molecule has 2 unspecified atom stereocenters. The number of aliphatic hydroxyl groups excluding tert-OH is 1. The molecule has 0 radical (unpaired) electrons. The van der Waals surface area contributed by atoms with Gasteiger partial charge in [0.15, 0.2) is 0 Å². The molecule has 0 amide bonds. The zero-order valence-electron chi connectivity index (χ0n) is 7.91. The highest BCUT2D eigenvalue weighted by molar-refractivity contribution is 9.10. The van der Waals surface area contributed by atoms with Gasteiger partial charge < -0.3 is 10.4 Å². The van der Waals surface area contributed by atoms with Gasteiger partial charge in [0.05, 0.1) is 6.61 Å². The lowest BCUT2D eigenvalue weighted by Gasteiger charge is -2.17. The van der Waals surface area contributed by atoms with E-state index in [0.29, 0.717) is 5.92 Å². The Bertz CT molecular complexity index is 299. The molecule has 1 saturated heterocycles. The van der Waals surface area contributed by atoms with Crippen LogP contribution in [-0.2, 0) is 0 Å². The molecule has 0 saturated carbocycles. The van der Waals surface area contributed by atoms with Crippen molar-refractivity contribution in [3.8, 4) is 0 Å². The number of benzene rings is 1. The minimum atomic E-state index is 0.223. The van der Waals surface area contributed by atoms with Gasteiger partial charge in [-0.1, -0.05) is 28.1 Å². The molecule has 0 aliphatic carbocycles. The summed E-state index contributed by atoms with van der Waals surface area (Å²) in [5, 5.41) is 12.5. The summed E-state index contributed by atoms with van der Waals surface area (Å²) in [6.45, 7) is 1.23. The molecule has 2 rings (SSSR count). The monoisotopic (exact) mass is 255 g/mol. The summed E-state index contributed by atoms with van der Waals surface area (Å²) >= 11 is 3.42. The third-order valence-corrected chi connectivity index (χ3v) is 3.37. The van der Waals surface area contributed by atoms with Gasteiger partial charge in [-0.15, -0.1) is 0 Å². The highest BCUT2D eigenvalue weighted by Gasteiger charge is 2.27. The van der Waals surface area contributed by atoms with Gasteiger partial charge in [-0.25, -0.2) is 0 Å². The molecule has 1 aliphatic rings. The van der Waals surface area contributed by atoms with Crippen molar-refractivity contribution in [1.29, 1.82) is 0 Å². The molecular weight excluding hydrogens is 242 g/mol. The minimum absolute atomic E-state index is 0.223. The smallest absolute Gasteiger partial charge is 0.0590 e. The van der Waals surface area contributed by atoms with Crippen LogP contribution in [0.15, 0.2) is 28.7 Å². The predicted octanol–water partition coefficient (Wildman–Crippen LogP) is 1.89. The second-order valence-corrected chi connectivity index (χ2v) is 4.61. The van der Waals surface area contributed by atoms with Crippen molar-refractivity contribution in [2.24, 2.45) is 0 Å². The van der Waals surface area contributed by atoms with Gasteiger partial charge in [0.2, 0.25) is 0 Å². The molecule has 1 heterocycles. The van der Waals surface area contributed by atoms with Gasteiger partial charge in [-0.05, 0) is 30.7 Å². The Morgan fingerprint density at radius 2 is 2.07 bits per heavy atom. The standard InChI is InChI=1S/C11H14BrNO/c12-9-3-1-8(2-4-9)10-5-6-13-11(10)7-14/h1-4,10-11,13-14H,5-7H2. The quantitative estimate of drug-likeness (QED) is 0.846. The van der Waals surface area contributed by atoms with E-state index in [1.165, 1.54) is 5.56 Å². The third-order valence-electron chi connectivity index (χ3n) is 2.84. The van der Waals surface area contributed by atoms with Crippen LogP contribution in [0.2, 0.25) is 0 Å². The largest absolute Gasteiger partial charge is 0.395 e. The number of rotatable bonds is 2. The van der Waals surface area contributed by atoms with Crippen molar-refractivity contribution in [2.75, 3.05) is 13.2 Å². The van der Waals surface area contributed by atoms with Gasteiger partial charge in [0.25, 0.3) is 0 Å². The summed E-state index contributed by atoms with van der Waals surface area (Å²) in [5.41, 5.74) is 1.32. The Kier molecular flexibility index (Phi) is 3.21. The van der Waals surface area contributed by atoms with E-state index in [0.717, 1.165) is 17.4 Å². The fraction of sp³-hybridized carbons (Fsp3) is 0.455. The summed E-state index contributed by atoms with van der Waals surface area (Å²) < 4.78 is 1.10. The van der Waals surface area contributed by atoms with E-state index < -0.39 is 0 Å². The van der Waals surface area contributed by atoms with Gasteiger partial charge >= 0.3 is 0 Å².